The number of hydrogen-bond donors (Lipinski definition) is 1. The first-order valence-corrected chi connectivity index (χ1v) is 9.31. The van der Waals surface area contributed by atoms with Crippen molar-refractivity contribution in [1.29, 1.82) is 0 Å². The summed E-state index contributed by atoms with van der Waals surface area (Å²) in [6.45, 7) is 7.81. The van der Waals surface area contributed by atoms with E-state index < -0.39 is 0 Å². The standard InChI is InChI=1S/C23H25N3/c1-16(2)15-26(19-12-18-8-4-6-10-22(18)24-13-19)17(3)21-14-25-23-11-7-5-9-20(21)23/h4-14,16-17,25H,15H2,1-3H3. The van der Waals surface area contributed by atoms with Crippen molar-refractivity contribution in [2.24, 2.45) is 5.92 Å². The van der Waals surface area contributed by atoms with E-state index in [1.54, 1.807) is 0 Å². The van der Waals surface area contributed by atoms with Crippen LogP contribution in [0.5, 0.6) is 0 Å². The molecule has 1 N–H and O–H groups in total. The van der Waals surface area contributed by atoms with Gasteiger partial charge in [0.1, 0.15) is 0 Å². The van der Waals surface area contributed by atoms with Crippen LogP contribution in [0.1, 0.15) is 32.4 Å². The zero-order valence-corrected chi connectivity index (χ0v) is 15.6. The maximum atomic E-state index is 4.69. The molecule has 2 aromatic carbocycles. The van der Waals surface area contributed by atoms with Crippen LogP contribution in [-0.4, -0.2) is 16.5 Å². The van der Waals surface area contributed by atoms with E-state index in [2.05, 4.69) is 90.4 Å². The maximum Gasteiger partial charge on any atom is 0.0703 e. The zero-order valence-electron chi connectivity index (χ0n) is 15.6. The summed E-state index contributed by atoms with van der Waals surface area (Å²) in [5.41, 5.74) is 4.74. The van der Waals surface area contributed by atoms with Crippen LogP contribution in [0.4, 0.5) is 5.69 Å². The number of para-hydroxylation sites is 2. The Morgan fingerprint density at radius 1 is 1.00 bits per heavy atom. The Kier molecular flexibility index (Phi) is 4.37. The predicted molar refractivity (Wildman–Crippen MR) is 111 cm³/mol. The fourth-order valence-corrected chi connectivity index (χ4v) is 3.70. The second-order valence-corrected chi connectivity index (χ2v) is 7.40. The highest BCUT2D eigenvalue weighted by Crippen LogP contribution is 2.33. The maximum absolute atomic E-state index is 4.69. The van der Waals surface area contributed by atoms with Gasteiger partial charge in [0, 0.05) is 29.0 Å². The van der Waals surface area contributed by atoms with Gasteiger partial charge in [-0.15, -0.1) is 0 Å². The molecule has 0 fully saturated rings. The van der Waals surface area contributed by atoms with Crippen molar-refractivity contribution in [2.75, 3.05) is 11.4 Å². The highest BCUT2D eigenvalue weighted by molar-refractivity contribution is 5.85. The molecule has 0 aliphatic rings. The molecule has 0 radical (unpaired) electrons. The van der Waals surface area contributed by atoms with Crippen molar-refractivity contribution in [3.63, 3.8) is 0 Å². The van der Waals surface area contributed by atoms with E-state index >= 15 is 0 Å². The number of aromatic amines is 1. The predicted octanol–water partition coefficient (Wildman–Crippen LogP) is 5.94. The summed E-state index contributed by atoms with van der Waals surface area (Å²) in [7, 11) is 0. The van der Waals surface area contributed by atoms with E-state index in [0.29, 0.717) is 5.92 Å². The summed E-state index contributed by atoms with van der Waals surface area (Å²) in [6, 6.07) is 19.3. The molecule has 0 saturated carbocycles. The second kappa shape index (κ2) is 6.83. The molecule has 3 nitrogen and oxygen atoms in total. The van der Waals surface area contributed by atoms with E-state index in [0.717, 1.165) is 12.1 Å². The van der Waals surface area contributed by atoms with E-state index in [9.17, 15) is 0 Å². The number of H-pyrrole nitrogens is 1. The lowest BCUT2D eigenvalue weighted by molar-refractivity contribution is 0.565. The molecule has 0 aliphatic carbocycles. The Balaban J connectivity index is 1.78. The number of nitrogens with zero attached hydrogens (tertiary/aromatic N) is 2. The number of rotatable bonds is 5. The molecule has 0 amide bonds. The Hall–Kier alpha value is -2.81. The fourth-order valence-electron chi connectivity index (χ4n) is 3.70. The van der Waals surface area contributed by atoms with E-state index in [1.165, 1.54) is 27.5 Å². The first kappa shape index (κ1) is 16.6. The quantitative estimate of drug-likeness (QED) is 0.486. The molecular formula is C23H25N3. The largest absolute Gasteiger partial charge is 0.363 e. The number of hydrogen-bond acceptors (Lipinski definition) is 2. The van der Waals surface area contributed by atoms with Crippen molar-refractivity contribution < 1.29 is 0 Å². The van der Waals surface area contributed by atoms with Gasteiger partial charge in [-0.05, 0) is 36.6 Å². The molecule has 26 heavy (non-hydrogen) atoms. The molecule has 0 spiro atoms. The summed E-state index contributed by atoms with van der Waals surface area (Å²) in [5.74, 6) is 0.564. The minimum absolute atomic E-state index is 0.261. The van der Waals surface area contributed by atoms with Gasteiger partial charge >= 0.3 is 0 Å². The topological polar surface area (TPSA) is 31.9 Å². The third kappa shape index (κ3) is 3.05. The van der Waals surface area contributed by atoms with Gasteiger partial charge in [0.2, 0.25) is 0 Å². The van der Waals surface area contributed by atoms with E-state index in [4.69, 9.17) is 0 Å². The molecule has 0 saturated heterocycles. The van der Waals surface area contributed by atoms with Crippen molar-refractivity contribution in [2.45, 2.75) is 26.8 Å². The van der Waals surface area contributed by atoms with Crippen LogP contribution in [0.2, 0.25) is 0 Å². The van der Waals surface area contributed by atoms with Crippen molar-refractivity contribution in [1.82, 2.24) is 9.97 Å². The zero-order chi connectivity index (χ0) is 18.1. The molecule has 3 heteroatoms. The van der Waals surface area contributed by atoms with Gasteiger partial charge in [-0.25, -0.2) is 0 Å². The third-order valence-corrected chi connectivity index (χ3v) is 5.01. The van der Waals surface area contributed by atoms with Gasteiger partial charge < -0.3 is 9.88 Å². The summed E-state index contributed by atoms with van der Waals surface area (Å²) in [6.07, 6.45) is 4.16. The number of fused-ring (bicyclic) bond motifs is 2. The first-order valence-electron chi connectivity index (χ1n) is 9.31. The number of nitrogens with one attached hydrogen (secondary N) is 1. The lowest BCUT2D eigenvalue weighted by atomic mass is 10.0. The highest BCUT2D eigenvalue weighted by atomic mass is 15.2. The average Bonchev–Trinajstić information content (AvgIpc) is 3.09. The number of benzene rings is 2. The van der Waals surface area contributed by atoms with Gasteiger partial charge in [0.05, 0.1) is 23.4 Å². The summed E-state index contributed by atoms with van der Waals surface area (Å²) < 4.78 is 0. The monoisotopic (exact) mass is 343 g/mol. The second-order valence-electron chi connectivity index (χ2n) is 7.40. The lowest BCUT2D eigenvalue weighted by Crippen LogP contribution is -2.30. The SMILES string of the molecule is CC(C)CN(c1cnc2ccccc2c1)C(C)c1c[nH]c2ccccc12. The number of pyridine rings is 1. The molecule has 2 heterocycles. The minimum Gasteiger partial charge on any atom is -0.363 e. The third-order valence-electron chi connectivity index (χ3n) is 5.01. The Morgan fingerprint density at radius 2 is 1.77 bits per heavy atom. The molecule has 0 bridgehead atoms. The minimum atomic E-state index is 0.261. The summed E-state index contributed by atoms with van der Waals surface area (Å²) in [5, 5.41) is 2.48. The average molecular weight is 343 g/mol. The molecule has 2 aromatic heterocycles. The smallest absolute Gasteiger partial charge is 0.0703 e. The van der Waals surface area contributed by atoms with E-state index in [1.807, 2.05) is 12.3 Å². The van der Waals surface area contributed by atoms with Gasteiger partial charge in [-0.3, -0.25) is 4.98 Å². The van der Waals surface area contributed by atoms with Crippen LogP contribution < -0.4 is 4.90 Å². The van der Waals surface area contributed by atoms with Crippen LogP contribution in [-0.2, 0) is 0 Å². The normalized spacial score (nSPS) is 12.8. The molecule has 4 aromatic rings. The van der Waals surface area contributed by atoms with Crippen molar-refractivity contribution in [3.05, 3.63) is 72.6 Å². The highest BCUT2D eigenvalue weighted by Gasteiger charge is 2.21. The fraction of sp³-hybridized carbons (Fsp3) is 0.261. The van der Waals surface area contributed by atoms with Gasteiger partial charge in [-0.1, -0.05) is 50.2 Å². The Morgan fingerprint density at radius 3 is 2.62 bits per heavy atom. The van der Waals surface area contributed by atoms with E-state index in [-0.39, 0.29) is 6.04 Å². The molecule has 4 rings (SSSR count). The van der Waals surface area contributed by atoms with Gasteiger partial charge in [0.15, 0.2) is 0 Å². The van der Waals surface area contributed by atoms with Crippen LogP contribution in [0, 0.1) is 5.92 Å². The van der Waals surface area contributed by atoms with Crippen molar-refractivity contribution in [3.8, 4) is 0 Å². The van der Waals surface area contributed by atoms with Gasteiger partial charge in [0.25, 0.3) is 0 Å². The van der Waals surface area contributed by atoms with Crippen LogP contribution in [0.25, 0.3) is 21.8 Å². The van der Waals surface area contributed by atoms with Crippen molar-refractivity contribution >= 4 is 27.5 Å². The molecule has 132 valence electrons. The Bertz CT molecular complexity index is 1030. The van der Waals surface area contributed by atoms with Crippen LogP contribution >= 0.6 is 0 Å². The van der Waals surface area contributed by atoms with Crippen LogP contribution in [0.3, 0.4) is 0 Å². The summed E-state index contributed by atoms with van der Waals surface area (Å²) in [4.78, 5) is 10.6. The number of aromatic nitrogens is 2. The molecular weight excluding hydrogens is 318 g/mol. The number of anilines is 1. The van der Waals surface area contributed by atoms with Gasteiger partial charge in [-0.2, -0.15) is 0 Å². The molecule has 1 atom stereocenters. The molecule has 0 aliphatic heterocycles. The lowest BCUT2D eigenvalue weighted by Gasteiger charge is -2.33. The Labute approximate surface area is 154 Å². The first-order chi connectivity index (χ1) is 12.6. The van der Waals surface area contributed by atoms with Crippen LogP contribution in [0.15, 0.2) is 67.0 Å². The molecule has 1 unspecified atom stereocenters. The summed E-state index contributed by atoms with van der Waals surface area (Å²) >= 11 is 0.